The smallest absolute Gasteiger partial charge is 0.267 e. The summed E-state index contributed by atoms with van der Waals surface area (Å²) in [6.07, 6.45) is 1.37. The molecule has 3 rings (SSSR count). The van der Waals surface area contributed by atoms with Crippen molar-refractivity contribution in [1.82, 2.24) is 10.9 Å². The zero-order chi connectivity index (χ0) is 22.8. The number of hydrogen-bond acceptors (Lipinski definition) is 4. The van der Waals surface area contributed by atoms with Crippen LogP contribution in [-0.2, 0) is 0 Å². The van der Waals surface area contributed by atoms with Gasteiger partial charge < -0.3 is 0 Å². The lowest BCUT2D eigenvalue weighted by Gasteiger charge is -2.07. The summed E-state index contributed by atoms with van der Waals surface area (Å²) in [4.78, 5) is 24.9. The van der Waals surface area contributed by atoms with E-state index >= 15 is 0 Å². The van der Waals surface area contributed by atoms with Gasteiger partial charge in [-0.05, 0) is 48.2 Å². The van der Waals surface area contributed by atoms with Crippen LogP contribution in [0.5, 0.6) is 0 Å². The maximum atomic E-state index is 12.4. The second kappa shape index (κ2) is 11.4. The van der Waals surface area contributed by atoms with E-state index in [4.69, 9.17) is 0 Å². The van der Waals surface area contributed by atoms with Crippen molar-refractivity contribution in [3.8, 4) is 0 Å². The average Bonchev–Trinajstić information content (AvgIpc) is 2.86. The Morgan fingerprint density at radius 2 is 0.906 bits per heavy atom. The Morgan fingerprint density at radius 3 is 1.22 bits per heavy atom. The molecule has 2 amide bonds. The number of nitrogens with one attached hydrogen (secondary N) is 2. The Bertz CT molecular complexity index is 1020. The lowest BCUT2D eigenvalue weighted by atomic mass is 10.1. The van der Waals surface area contributed by atoms with E-state index in [2.05, 4.69) is 21.1 Å². The second-order valence-electron chi connectivity index (χ2n) is 7.02. The highest BCUT2D eigenvalue weighted by Gasteiger charge is 2.10. The van der Waals surface area contributed by atoms with Crippen molar-refractivity contribution in [2.24, 2.45) is 10.2 Å². The van der Waals surface area contributed by atoms with Gasteiger partial charge >= 0.3 is 0 Å². The van der Waals surface area contributed by atoms with Crippen molar-refractivity contribution in [3.63, 3.8) is 0 Å². The first-order valence-corrected chi connectivity index (χ1v) is 10.6. The molecule has 3 aromatic carbocycles. The lowest BCUT2D eigenvalue weighted by molar-refractivity contribution is 0.0943. The Labute approximate surface area is 188 Å². The Kier molecular flexibility index (Phi) is 8.03. The SMILES string of the molecule is CCC(=NNC(=O)c1ccc(C(=O)NN=C(CC)c2ccccc2)cc1)c1ccccc1. The van der Waals surface area contributed by atoms with Crippen LogP contribution in [0.3, 0.4) is 0 Å². The zero-order valence-corrected chi connectivity index (χ0v) is 18.2. The van der Waals surface area contributed by atoms with Gasteiger partial charge in [0.25, 0.3) is 11.8 Å². The average molecular weight is 427 g/mol. The highest BCUT2D eigenvalue weighted by Crippen LogP contribution is 2.08. The standard InChI is InChI=1S/C26H26N4O2/c1-3-23(19-11-7-5-8-12-19)27-29-25(31)21-15-17-22(18-16-21)26(32)30-28-24(4-2)20-13-9-6-10-14-20/h5-18H,3-4H2,1-2H3,(H,29,31)(H,30,32). The second-order valence-corrected chi connectivity index (χ2v) is 7.02. The molecule has 0 aliphatic heterocycles. The van der Waals surface area contributed by atoms with Gasteiger partial charge in [0.1, 0.15) is 0 Å². The molecule has 0 atom stereocenters. The van der Waals surface area contributed by atoms with Gasteiger partial charge in [0.2, 0.25) is 0 Å². The largest absolute Gasteiger partial charge is 0.271 e. The van der Waals surface area contributed by atoms with E-state index in [9.17, 15) is 9.59 Å². The summed E-state index contributed by atoms with van der Waals surface area (Å²) in [7, 11) is 0. The number of benzene rings is 3. The molecule has 0 heterocycles. The minimum Gasteiger partial charge on any atom is -0.267 e. The summed E-state index contributed by atoms with van der Waals surface area (Å²) < 4.78 is 0. The predicted octanol–water partition coefficient (Wildman–Crippen LogP) is 4.77. The van der Waals surface area contributed by atoms with Gasteiger partial charge in [-0.3, -0.25) is 9.59 Å². The third kappa shape index (κ3) is 5.98. The Morgan fingerprint density at radius 1 is 0.562 bits per heavy atom. The normalized spacial score (nSPS) is 11.7. The fourth-order valence-electron chi connectivity index (χ4n) is 3.10. The van der Waals surface area contributed by atoms with Crippen LogP contribution >= 0.6 is 0 Å². The summed E-state index contributed by atoms with van der Waals surface area (Å²) in [5.74, 6) is -0.677. The van der Waals surface area contributed by atoms with E-state index in [-0.39, 0.29) is 11.8 Å². The molecular weight excluding hydrogens is 400 g/mol. The summed E-state index contributed by atoms with van der Waals surface area (Å²) in [5.41, 5.74) is 9.51. The molecule has 6 nitrogen and oxygen atoms in total. The van der Waals surface area contributed by atoms with Gasteiger partial charge in [-0.15, -0.1) is 0 Å². The fraction of sp³-hybridized carbons (Fsp3) is 0.154. The van der Waals surface area contributed by atoms with Gasteiger partial charge in [-0.2, -0.15) is 10.2 Å². The molecule has 0 saturated heterocycles. The van der Waals surface area contributed by atoms with E-state index < -0.39 is 0 Å². The number of nitrogens with zero attached hydrogens (tertiary/aromatic N) is 2. The number of amides is 2. The first-order valence-electron chi connectivity index (χ1n) is 10.6. The number of hydrogen-bond donors (Lipinski definition) is 2. The van der Waals surface area contributed by atoms with Crippen molar-refractivity contribution >= 4 is 23.2 Å². The zero-order valence-electron chi connectivity index (χ0n) is 18.2. The third-order valence-corrected chi connectivity index (χ3v) is 4.88. The molecule has 0 aromatic heterocycles. The van der Waals surface area contributed by atoms with Gasteiger partial charge in [-0.1, -0.05) is 74.5 Å². The maximum Gasteiger partial charge on any atom is 0.271 e. The Balaban J connectivity index is 1.64. The molecule has 162 valence electrons. The van der Waals surface area contributed by atoms with Gasteiger partial charge in [0.05, 0.1) is 11.4 Å². The van der Waals surface area contributed by atoms with Crippen molar-refractivity contribution in [3.05, 3.63) is 107 Å². The molecule has 0 aliphatic rings. The Hall–Kier alpha value is -4.06. The monoisotopic (exact) mass is 426 g/mol. The van der Waals surface area contributed by atoms with Gasteiger partial charge in [-0.25, -0.2) is 10.9 Å². The van der Waals surface area contributed by atoms with Crippen LogP contribution in [0.2, 0.25) is 0 Å². The first-order chi connectivity index (χ1) is 15.6. The van der Waals surface area contributed by atoms with Crippen molar-refractivity contribution < 1.29 is 9.59 Å². The summed E-state index contributed by atoms with van der Waals surface area (Å²) in [6, 6.07) is 25.8. The molecule has 2 N–H and O–H groups in total. The van der Waals surface area contributed by atoms with Crippen molar-refractivity contribution in [2.75, 3.05) is 0 Å². The van der Waals surface area contributed by atoms with Crippen LogP contribution in [0, 0.1) is 0 Å². The van der Waals surface area contributed by atoms with Gasteiger partial charge in [0, 0.05) is 11.1 Å². The van der Waals surface area contributed by atoms with E-state index in [1.54, 1.807) is 24.3 Å². The lowest BCUT2D eigenvalue weighted by Crippen LogP contribution is -2.21. The van der Waals surface area contributed by atoms with E-state index in [1.165, 1.54) is 0 Å². The third-order valence-electron chi connectivity index (χ3n) is 4.88. The van der Waals surface area contributed by atoms with Crippen LogP contribution in [0.25, 0.3) is 0 Å². The molecule has 0 saturated carbocycles. The quantitative estimate of drug-likeness (QED) is 0.402. The molecule has 0 fully saturated rings. The number of rotatable bonds is 8. The maximum absolute atomic E-state index is 12.4. The number of hydrazone groups is 2. The van der Waals surface area contributed by atoms with Crippen molar-refractivity contribution in [1.29, 1.82) is 0 Å². The molecule has 0 bridgehead atoms. The van der Waals surface area contributed by atoms with Crippen LogP contribution < -0.4 is 10.9 Å². The highest BCUT2D eigenvalue weighted by molar-refractivity contribution is 6.03. The minimum absolute atomic E-state index is 0.339. The molecule has 0 spiro atoms. The van der Waals surface area contributed by atoms with Gasteiger partial charge in [0.15, 0.2) is 0 Å². The predicted molar refractivity (Wildman–Crippen MR) is 128 cm³/mol. The van der Waals surface area contributed by atoms with E-state index in [0.29, 0.717) is 24.0 Å². The molecule has 6 heteroatoms. The minimum atomic E-state index is -0.339. The highest BCUT2D eigenvalue weighted by atomic mass is 16.2. The van der Waals surface area contributed by atoms with Crippen molar-refractivity contribution in [2.45, 2.75) is 26.7 Å². The van der Waals surface area contributed by atoms with Crippen LogP contribution in [0.1, 0.15) is 58.5 Å². The van der Waals surface area contributed by atoms with E-state index in [1.807, 2.05) is 74.5 Å². The number of carbonyl (C=O) groups excluding carboxylic acids is 2. The molecule has 0 unspecified atom stereocenters. The molecule has 3 aromatic rings. The molecular formula is C26H26N4O2. The van der Waals surface area contributed by atoms with Crippen LogP contribution in [0.4, 0.5) is 0 Å². The first kappa shape index (κ1) is 22.6. The molecule has 0 radical (unpaired) electrons. The molecule has 0 aliphatic carbocycles. The topological polar surface area (TPSA) is 82.9 Å². The number of carbonyl (C=O) groups is 2. The molecule has 32 heavy (non-hydrogen) atoms. The fourth-order valence-corrected chi connectivity index (χ4v) is 3.10. The summed E-state index contributed by atoms with van der Waals surface area (Å²) in [5, 5.41) is 8.51. The van der Waals surface area contributed by atoms with E-state index in [0.717, 1.165) is 22.6 Å². The summed E-state index contributed by atoms with van der Waals surface area (Å²) >= 11 is 0. The van der Waals surface area contributed by atoms with Crippen LogP contribution in [-0.4, -0.2) is 23.2 Å². The summed E-state index contributed by atoms with van der Waals surface area (Å²) in [6.45, 7) is 3.96. The van der Waals surface area contributed by atoms with Crippen LogP contribution in [0.15, 0.2) is 95.1 Å².